The summed E-state index contributed by atoms with van der Waals surface area (Å²) in [6, 6.07) is 2.65. The van der Waals surface area contributed by atoms with E-state index in [0.29, 0.717) is 12.0 Å². The van der Waals surface area contributed by atoms with Gasteiger partial charge in [0, 0.05) is 37.1 Å². The van der Waals surface area contributed by atoms with Crippen molar-refractivity contribution in [1.29, 1.82) is 0 Å². The van der Waals surface area contributed by atoms with Gasteiger partial charge in [-0.05, 0) is 51.2 Å². The van der Waals surface area contributed by atoms with Gasteiger partial charge in [-0.25, -0.2) is 0 Å². The van der Waals surface area contributed by atoms with Crippen LogP contribution in [0.2, 0.25) is 0 Å². The molecule has 0 aromatic carbocycles. The highest BCUT2D eigenvalue weighted by molar-refractivity contribution is 7.14. The van der Waals surface area contributed by atoms with Crippen LogP contribution in [0.3, 0.4) is 0 Å². The van der Waals surface area contributed by atoms with Gasteiger partial charge in [-0.3, -0.25) is 9.69 Å². The molecular weight excluding hydrogens is 308 g/mol. The highest BCUT2D eigenvalue weighted by Gasteiger charge is 2.30. The standard InChI is InChI=1S/C18H28N2O2S/c1-13-12-17(23-15(13)3)18(21)20-6-4-16(5-7-20)14(2)19-8-10-22-11-9-19/h12,14,16H,4-11H2,1-3H3/t14-/m1/s1. The Labute approximate surface area is 143 Å². The summed E-state index contributed by atoms with van der Waals surface area (Å²) in [7, 11) is 0. The van der Waals surface area contributed by atoms with E-state index in [1.54, 1.807) is 11.3 Å². The van der Waals surface area contributed by atoms with E-state index >= 15 is 0 Å². The van der Waals surface area contributed by atoms with Crippen LogP contribution in [0.25, 0.3) is 0 Å². The number of likely N-dealkylation sites (tertiary alicyclic amines) is 1. The monoisotopic (exact) mass is 336 g/mol. The molecule has 2 fully saturated rings. The van der Waals surface area contributed by atoms with Crippen LogP contribution in [0.4, 0.5) is 0 Å². The van der Waals surface area contributed by atoms with Gasteiger partial charge in [0.15, 0.2) is 0 Å². The second-order valence-corrected chi connectivity index (χ2v) is 8.12. The minimum atomic E-state index is 0.226. The zero-order chi connectivity index (χ0) is 16.4. The molecule has 2 aliphatic heterocycles. The molecule has 5 heteroatoms. The van der Waals surface area contributed by atoms with E-state index in [1.165, 1.54) is 10.4 Å². The molecule has 1 amide bonds. The Balaban J connectivity index is 1.54. The van der Waals surface area contributed by atoms with Crippen molar-refractivity contribution in [1.82, 2.24) is 9.80 Å². The first-order valence-electron chi connectivity index (χ1n) is 8.74. The highest BCUT2D eigenvalue weighted by atomic mass is 32.1. The quantitative estimate of drug-likeness (QED) is 0.851. The summed E-state index contributed by atoms with van der Waals surface area (Å²) in [4.78, 5) is 19.4. The summed E-state index contributed by atoms with van der Waals surface area (Å²) in [5.41, 5.74) is 1.23. The van der Waals surface area contributed by atoms with Crippen molar-refractivity contribution >= 4 is 17.2 Å². The van der Waals surface area contributed by atoms with E-state index in [2.05, 4.69) is 25.7 Å². The van der Waals surface area contributed by atoms with Crippen molar-refractivity contribution in [3.63, 3.8) is 0 Å². The molecule has 1 aromatic rings. The average Bonchev–Trinajstić information content (AvgIpc) is 2.93. The topological polar surface area (TPSA) is 32.8 Å². The van der Waals surface area contributed by atoms with Crippen LogP contribution < -0.4 is 0 Å². The van der Waals surface area contributed by atoms with Crippen LogP contribution in [-0.4, -0.2) is 61.1 Å². The van der Waals surface area contributed by atoms with Gasteiger partial charge in [0.2, 0.25) is 0 Å². The molecular formula is C18H28N2O2S. The lowest BCUT2D eigenvalue weighted by molar-refractivity contribution is -0.000921. The Kier molecular flexibility index (Phi) is 5.39. The molecule has 3 heterocycles. The first-order chi connectivity index (χ1) is 11.1. The van der Waals surface area contributed by atoms with Crippen molar-refractivity contribution in [3.8, 4) is 0 Å². The van der Waals surface area contributed by atoms with Gasteiger partial charge in [-0.1, -0.05) is 0 Å². The fraction of sp³-hybridized carbons (Fsp3) is 0.722. The van der Waals surface area contributed by atoms with Gasteiger partial charge in [0.25, 0.3) is 5.91 Å². The Morgan fingerprint density at radius 1 is 1.22 bits per heavy atom. The number of carbonyl (C=O) groups is 1. The maximum absolute atomic E-state index is 12.7. The van der Waals surface area contributed by atoms with Crippen molar-refractivity contribution in [2.75, 3.05) is 39.4 Å². The molecule has 0 unspecified atom stereocenters. The smallest absolute Gasteiger partial charge is 0.263 e. The molecule has 2 aliphatic rings. The summed E-state index contributed by atoms with van der Waals surface area (Å²) < 4.78 is 5.45. The fourth-order valence-electron chi connectivity index (χ4n) is 3.70. The largest absolute Gasteiger partial charge is 0.379 e. The number of aryl methyl sites for hydroxylation is 2. The van der Waals surface area contributed by atoms with Crippen molar-refractivity contribution in [2.24, 2.45) is 5.92 Å². The normalized spacial score (nSPS) is 22.3. The van der Waals surface area contributed by atoms with Gasteiger partial charge in [-0.2, -0.15) is 0 Å². The number of nitrogens with zero attached hydrogens (tertiary/aromatic N) is 2. The third-order valence-electron chi connectivity index (χ3n) is 5.51. The Morgan fingerprint density at radius 3 is 2.43 bits per heavy atom. The molecule has 23 heavy (non-hydrogen) atoms. The third kappa shape index (κ3) is 3.78. The fourth-order valence-corrected chi connectivity index (χ4v) is 4.70. The number of carbonyl (C=O) groups excluding carboxylic acids is 1. The summed E-state index contributed by atoms with van der Waals surface area (Å²) in [6.07, 6.45) is 2.24. The van der Waals surface area contributed by atoms with Gasteiger partial charge in [0.05, 0.1) is 18.1 Å². The number of hydrogen-bond donors (Lipinski definition) is 0. The zero-order valence-electron chi connectivity index (χ0n) is 14.5. The lowest BCUT2D eigenvalue weighted by Gasteiger charge is -2.40. The van der Waals surface area contributed by atoms with Crippen LogP contribution in [0, 0.1) is 19.8 Å². The van der Waals surface area contributed by atoms with Crippen molar-refractivity contribution < 1.29 is 9.53 Å². The SMILES string of the molecule is Cc1cc(C(=O)N2CCC([C@@H](C)N3CCOCC3)CC2)sc1C. The predicted octanol–water partition coefficient (Wildman–Crippen LogP) is 2.94. The number of hydrogen-bond acceptors (Lipinski definition) is 4. The maximum atomic E-state index is 12.7. The number of piperidine rings is 1. The first kappa shape index (κ1) is 16.9. The molecule has 3 rings (SSSR count). The van der Waals surface area contributed by atoms with Crippen LogP contribution in [-0.2, 0) is 4.74 Å². The molecule has 0 aliphatic carbocycles. The molecule has 0 saturated carbocycles. The number of amides is 1. The molecule has 0 N–H and O–H groups in total. The van der Waals surface area contributed by atoms with E-state index in [-0.39, 0.29) is 5.91 Å². The Hall–Kier alpha value is -0.910. The third-order valence-corrected chi connectivity index (χ3v) is 6.65. The minimum absolute atomic E-state index is 0.226. The highest BCUT2D eigenvalue weighted by Crippen LogP contribution is 2.27. The van der Waals surface area contributed by atoms with E-state index in [0.717, 1.165) is 57.1 Å². The van der Waals surface area contributed by atoms with Crippen LogP contribution >= 0.6 is 11.3 Å². The molecule has 128 valence electrons. The lowest BCUT2D eigenvalue weighted by atomic mass is 9.89. The summed E-state index contributed by atoms with van der Waals surface area (Å²) in [5.74, 6) is 0.924. The predicted molar refractivity (Wildman–Crippen MR) is 94.3 cm³/mol. The summed E-state index contributed by atoms with van der Waals surface area (Å²) >= 11 is 1.63. The lowest BCUT2D eigenvalue weighted by Crippen LogP contribution is -2.49. The number of ether oxygens (including phenoxy) is 1. The van der Waals surface area contributed by atoms with Crippen LogP contribution in [0.5, 0.6) is 0 Å². The summed E-state index contributed by atoms with van der Waals surface area (Å²) in [6.45, 7) is 12.1. The zero-order valence-corrected chi connectivity index (χ0v) is 15.3. The molecule has 1 atom stereocenters. The van der Waals surface area contributed by atoms with Gasteiger partial charge < -0.3 is 9.64 Å². The minimum Gasteiger partial charge on any atom is -0.379 e. The average molecular weight is 337 g/mol. The van der Waals surface area contributed by atoms with Crippen LogP contribution in [0.15, 0.2) is 6.07 Å². The van der Waals surface area contributed by atoms with Gasteiger partial charge in [0.1, 0.15) is 0 Å². The maximum Gasteiger partial charge on any atom is 0.263 e. The molecule has 2 saturated heterocycles. The molecule has 4 nitrogen and oxygen atoms in total. The molecule has 1 aromatic heterocycles. The Morgan fingerprint density at radius 2 is 1.87 bits per heavy atom. The van der Waals surface area contributed by atoms with Gasteiger partial charge >= 0.3 is 0 Å². The van der Waals surface area contributed by atoms with Crippen molar-refractivity contribution in [3.05, 3.63) is 21.4 Å². The van der Waals surface area contributed by atoms with Gasteiger partial charge in [-0.15, -0.1) is 11.3 Å². The number of morpholine rings is 1. The number of thiophene rings is 1. The summed E-state index contributed by atoms with van der Waals surface area (Å²) in [5, 5.41) is 0. The Bertz CT molecular complexity index is 524. The second kappa shape index (κ2) is 7.32. The van der Waals surface area contributed by atoms with E-state index < -0.39 is 0 Å². The van der Waals surface area contributed by atoms with E-state index in [1.807, 2.05) is 11.0 Å². The van der Waals surface area contributed by atoms with E-state index in [9.17, 15) is 4.79 Å². The van der Waals surface area contributed by atoms with E-state index in [4.69, 9.17) is 4.74 Å². The second-order valence-electron chi connectivity index (χ2n) is 6.87. The first-order valence-corrected chi connectivity index (χ1v) is 9.56. The number of rotatable bonds is 3. The molecule has 0 spiro atoms. The van der Waals surface area contributed by atoms with Crippen molar-refractivity contribution in [2.45, 2.75) is 39.7 Å². The molecule has 0 bridgehead atoms. The van der Waals surface area contributed by atoms with Crippen LogP contribution in [0.1, 0.15) is 39.9 Å². The molecule has 0 radical (unpaired) electrons.